The third-order valence-corrected chi connectivity index (χ3v) is 2.24. The molecule has 0 amide bonds. The summed E-state index contributed by atoms with van der Waals surface area (Å²) >= 11 is 0. The van der Waals surface area contributed by atoms with Gasteiger partial charge in [0.1, 0.15) is 5.75 Å². The van der Waals surface area contributed by atoms with Crippen molar-refractivity contribution in [3.8, 4) is 17.6 Å². The van der Waals surface area contributed by atoms with Crippen LogP contribution in [0.2, 0.25) is 0 Å². The normalized spacial score (nSPS) is 10.4. The minimum Gasteiger partial charge on any atom is -0.496 e. The first kappa shape index (κ1) is 13.4. The molecule has 1 rings (SSSR count). The van der Waals surface area contributed by atoms with E-state index in [9.17, 15) is 0 Å². The summed E-state index contributed by atoms with van der Waals surface area (Å²) < 4.78 is 5.21. The minimum atomic E-state index is 0.0670. The van der Waals surface area contributed by atoms with Gasteiger partial charge >= 0.3 is 0 Å². The van der Waals surface area contributed by atoms with Crippen molar-refractivity contribution in [3.63, 3.8) is 0 Å². The molecule has 0 bridgehead atoms. The summed E-state index contributed by atoms with van der Waals surface area (Å²) in [5.74, 6) is 7.23. The van der Waals surface area contributed by atoms with Crippen LogP contribution >= 0.6 is 0 Å². The summed E-state index contributed by atoms with van der Waals surface area (Å²) in [7, 11) is 1.68. The van der Waals surface area contributed by atoms with Crippen molar-refractivity contribution in [3.05, 3.63) is 23.8 Å². The summed E-state index contributed by atoms with van der Waals surface area (Å²) in [6, 6.07) is 6.04. The lowest BCUT2D eigenvalue weighted by Crippen LogP contribution is -2.03. The Morgan fingerprint density at radius 3 is 2.53 bits per heavy atom. The van der Waals surface area contributed by atoms with Crippen LogP contribution in [-0.4, -0.2) is 13.7 Å². The van der Waals surface area contributed by atoms with Gasteiger partial charge in [0.25, 0.3) is 0 Å². The number of rotatable bonds is 3. The predicted molar refractivity (Wildman–Crippen MR) is 73.5 cm³/mol. The first-order valence-electron chi connectivity index (χ1n) is 5.81. The van der Waals surface area contributed by atoms with Crippen molar-refractivity contribution < 1.29 is 4.74 Å². The average molecular weight is 231 g/mol. The Labute approximate surface area is 104 Å². The maximum Gasteiger partial charge on any atom is 0.121 e. The lowest BCUT2D eigenvalue weighted by molar-refractivity contribution is 0.412. The zero-order valence-electron chi connectivity index (χ0n) is 11.3. The van der Waals surface area contributed by atoms with E-state index in [0.717, 1.165) is 17.0 Å². The maximum absolute atomic E-state index is 5.21. The molecule has 0 aliphatic heterocycles. The number of nitrogens with one attached hydrogen (secondary N) is 1. The van der Waals surface area contributed by atoms with Crippen LogP contribution in [0.25, 0.3) is 0 Å². The molecule has 0 saturated heterocycles. The molecule has 0 atom stereocenters. The molecular formula is C15H21NO. The van der Waals surface area contributed by atoms with Crippen LogP contribution in [0.3, 0.4) is 0 Å². The highest BCUT2D eigenvalue weighted by molar-refractivity contribution is 5.51. The van der Waals surface area contributed by atoms with Crippen LogP contribution < -0.4 is 10.1 Å². The van der Waals surface area contributed by atoms with Crippen LogP contribution in [0, 0.1) is 24.2 Å². The quantitative estimate of drug-likeness (QED) is 0.804. The molecule has 1 aromatic carbocycles. The molecule has 17 heavy (non-hydrogen) atoms. The van der Waals surface area contributed by atoms with Gasteiger partial charge in [0.05, 0.1) is 13.7 Å². The standard InChI is InChI=1S/C15H21NO/c1-12-11-13(7-8-14(12)17-5)16-10-6-9-15(2,3)4/h7-8,11,16H,10H2,1-5H3. The van der Waals surface area contributed by atoms with Crippen molar-refractivity contribution in [2.75, 3.05) is 19.0 Å². The minimum absolute atomic E-state index is 0.0670. The van der Waals surface area contributed by atoms with Crippen molar-refractivity contribution >= 4 is 5.69 Å². The second-order valence-corrected chi connectivity index (χ2v) is 5.09. The molecule has 1 N–H and O–H groups in total. The fourth-order valence-electron chi connectivity index (χ4n) is 1.44. The van der Waals surface area contributed by atoms with Gasteiger partial charge in [0, 0.05) is 11.1 Å². The van der Waals surface area contributed by atoms with Gasteiger partial charge in [-0.3, -0.25) is 0 Å². The van der Waals surface area contributed by atoms with Gasteiger partial charge in [-0.15, -0.1) is 0 Å². The largest absolute Gasteiger partial charge is 0.496 e. The number of benzene rings is 1. The summed E-state index contributed by atoms with van der Waals surface area (Å²) in [6.45, 7) is 9.03. The summed E-state index contributed by atoms with van der Waals surface area (Å²) in [5.41, 5.74) is 2.27. The predicted octanol–water partition coefficient (Wildman–Crippen LogP) is 3.47. The van der Waals surface area contributed by atoms with E-state index < -0.39 is 0 Å². The van der Waals surface area contributed by atoms with Crippen molar-refractivity contribution in [2.45, 2.75) is 27.7 Å². The van der Waals surface area contributed by atoms with Crippen LogP contribution in [0.4, 0.5) is 5.69 Å². The Balaban J connectivity index is 2.58. The Kier molecular flexibility index (Phi) is 4.45. The molecule has 0 aliphatic rings. The lowest BCUT2D eigenvalue weighted by atomic mass is 9.98. The summed E-state index contributed by atoms with van der Waals surface area (Å²) in [4.78, 5) is 0. The molecule has 0 unspecified atom stereocenters. The van der Waals surface area contributed by atoms with E-state index in [-0.39, 0.29) is 5.41 Å². The molecule has 2 nitrogen and oxygen atoms in total. The fraction of sp³-hybridized carbons (Fsp3) is 0.467. The number of anilines is 1. The maximum atomic E-state index is 5.21. The Bertz CT molecular complexity index is 432. The number of ether oxygens (including phenoxy) is 1. The zero-order chi connectivity index (χ0) is 12.9. The Hall–Kier alpha value is -1.62. The van der Waals surface area contributed by atoms with Gasteiger partial charge in [0.2, 0.25) is 0 Å². The third-order valence-electron chi connectivity index (χ3n) is 2.24. The van der Waals surface area contributed by atoms with Gasteiger partial charge in [-0.1, -0.05) is 11.8 Å². The molecule has 2 heteroatoms. The van der Waals surface area contributed by atoms with Crippen molar-refractivity contribution in [1.29, 1.82) is 0 Å². The molecule has 0 heterocycles. The van der Waals surface area contributed by atoms with Crippen molar-refractivity contribution in [1.82, 2.24) is 0 Å². The highest BCUT2D eigenvalue weighted by Gasteiger charge is 2.03. The van der Waals surface area contributed by atoms with Crippen LogP contribution in [0.15, 0.2) is 18.2 Å². The van der Waals surface area contributed by atoms with E-state index in [0.29, 0.717) is 6.54 Å². The van der Waals surface area contributed by atoms with E-state index >= 15 is 0 Å². The highest BCUT2D eigenvalue weighted by Crippen LogP contribution is 2.21. The van der Waals surface area contributed by atoms with Crippen LogP contribution in [0.1, 0.15) is 26.3 Å². The Morgan fingerprint density at radius 1 is 1.29 bits per heavy atom. The van der Waals surface area contributed by atoms with Gasteiger partial charge < -0.3 is 10.1 Å². The first-order chi connectivity index (χ1) is 7.92. The first-order valence-corrected chi connectivity index (χ1v) is 5.81. The van der Waals surface area contributed by atoms with Gasteiger partial charge in [-0.2, -0.15) is 0 Å². The molecule has 0 aromatic heterocycles. The van der Waals surface area contributed by atoms with Gasteiger partial charge in [-0.25, -0.2) is 0 Å². The van der Waals surface area contributed by atoms with Gasteiger partial charge in [0.15, 0.2) is 0 Å². The third kappa shape index (κ3) is 4.82. The average Bonchev–Trinajstić information content (AvgIpc) is 2.23. The number of methoxy groups -OCH3 is 1. The molecule has 0 fully saturated rings. The molecule has 0 aliphatic carbocycles. The zero-order valence-corrected chi connectivity index (χ0v) is 11.3. The van der Waals surface area contributed by atoms with E-state index in [1.807, 2.05) is 19.1 Å². The fourth-order valence-corrected chi connectivity index (χ4v) is 1.44. The number of aryl methyl sites for hydroxylation is 1. The molecule has 1 aromatic rings. The Morgan fingerprint density at radius 2 is 2.00 bits per heavy atom. The van der Waals surface area contributed by atoms with Crippen LogP contribution in [-0.2, 0) is 0 Å². The highest BCUT2D eigenvalue weighted by atomic mass is 16.5. The molecule has 0 radical (unpaired) electrons. The molecule has 0 spiro atoms. The SMILES string of the molecule is COc1ccc(NCC#CC(C)(C)C)cc1C. The van der Waals surface area contributed by atoms with E-state index in [1.54, 1.807) is 7.11 Å². The van der Waals surface area contributed by atoms with Crippen LogP contribution in [0.5, 0.6) is 5.75 Å². The molecular weight excluding hydrogens is 210 g/mol. The van der Waals surface area contributed by atoms with Crippen molar-refractivity contribution in [2.24, 2.45) is 5.41 Å². The molecule has 92 valence electrons. The second-order valence-electron chi connectivity index (χ2n) is 5.09. The number of hydrogen-bond donors (Lipinski definition) is 1. The topological polar surface area (TPSA) is 21.3 Å². The van der Waals surface area contributed by atoms with Gasteiger partial charge in [-0.05, 0) is 51.5 Å². The monoisotopic (exact) mass is 231 g/mol. The number of hydrogen-bond acceptors (Lipinski definition) is 2. The van der Waals surface area contributed by atoms with E-state index in [2.05, 4.69) is 44.0 Å². The second kappa shape index (κ2) is 5.63. The molecule has 0 saturated carbocycles. The summed E-state index contributed by atoms with van der Waals surface area (Å²) in [6.07, 6.45) is 0. The van der Waals surface area contributed by atoms with E-state index in [4.69, 9.17) is 4.74 Å². The lowest BCUT2D eigenvalue weighted by Gasteiger charge is -2.09. The van der Waals surface area contributed by atoms with E-state index in [1.165, 1.54) is 0 Å². The summed E-state index contributed by atoms with van der Waals surface area (Å²) in [5, 5.41) is 3.28. The smallest absolute Gasteiger partial charge is 0.121 e.